The molecule has 1 amide bonds. The molecule has 1 aliphatic heterocycles. The predicted octanol–water partition coefficient (Wildman–Crippen LogP) is 3.71. The lowest BCUT2D eigenvalue weighted by atomic mass is 9.93. The molecule has 1 saturated heterocycles. The van der Waals surface area contributed by atoms with Gasteiger partial charge in [-0.2, -0.15) is 0 Å². The number of H-pyrrole nitrogens is 1. The van der Waals surface area contributed by atoms with Crippen LogP contribution in [-0.2, 0) is 14.3 Å². The van der Waals surface area contributed by atoms with Crippen LogP contribution in [0.25, 0.3) is 5.76 Å². The molecule has 1 atom stereocenters. The van der Waals surface area contributed by atoms with Crippen LogP contribution in [-0.4, -0.2) is 70.8 Å². The summed E-state index contributed by atoms with van der Waals surface area (Å²) in [4.78, 5) is 44.8. The summed E-state index contributed by atoms with van der Waals surface area (Å²) in [5, 5.41) is 11.3. The fraction of sp³-hybridized carbons (Fsp3) is 0.423. The highest BCUT2D eigenvalue weighted by Gasteiger charge is 2.47. The lowest BCUT2D eigenvalue weighted by molar-refractivity contribution is -0.140. The molecule has 2 N–H and O–H groups in total. The number of hydrogen-bond acceptors (Lipinski definition) is 6. The molecule has 1 aromatic heterocycles. The van der Waals surface area contributed by atoms with Gasteiger partial charge in [-0.3, -0.25) is 9.59 Å². The number of ether oxygens (including phenoxy) is 1. The summed E-state index contributed by atoms with van der Waals surface area (Å²) in [7, 11) is 1.24. The summed E-state index contributed by atoms with van der Waals surface area (Å²) in [6.45, 7) is 9.93. The van der Waals surface area contributed by atoms with E-state index in [4.69, 9.17) is 4.74 Å². The van der Waals surface area contributed by atoms with Crippen molar-refractivity contribution in [1.82, 2.24) is 14.8 Å². The number of likely N-dealkylation sites (tertiary alicyclic amines) is 1. The zero-order valence-electron chi connectivity index (χ0n) is 20.8. The van der Waals surface area contributed by atoms with Crippen LogP contribution in [0.4, 0.5) is 4.39 Å². The molecule has 3 rings (SSSR count). The number of methoxy groups -OCH3 is 1. The number of nitrogens with zero attached hydrogens (tertiary/aromatic N) is 2. The maximum atomic E-state index is 15.0. The van der Waals surface area contributed by atoms with Crippen LogP contribution in [0, 0.1) is 19.7 Å². The van der Waals surface area contributed by atoms with Gasteiger partial charge in [-0.15, -0.1) is 0 Å². The summed E-state index contributed by atoms with van der Waals surface area (Å²) >= 11 is 0. The van der Waals surface area contributed by atoms with E-state index < -0.39 is 35.3 Å². The number of halogens is 1. The van der Waals surface area contributed by atoms with Crippen LogP contribution in [0.1, 0.15) is 59.2 Å². The SMILES string of the molecule is CCN(CC)CCCN1C(=O)C(=O)C(=C(O)c2c(C)[nH]c(C(=O)OC)c2C)[C@H]1c1ccccc1F. The number of carbonyl (C=O) groups is 3. The number of nitrogens with one attached hydrogen (secondary N) is 1. The summed E-state index contributed by atoms with van der Waals surface area (Å²) in [5.74, 6) is -3.36. The number of hydrogen-bond donors (Lipinski definition) is 2. The van der Waals surface area contributed by atoms with E-state index in [1.54, 1.807) is 19.9 Å². The first-order valence-corrected chi connectivity index (χ1v) is 11.7. The van der Waals surface area contributed by atoms with E-state index in [-0.39, 0.29) is 28.9 Å². The lowest BCUT2D eigenvalue weighted by Gasteiger charge is -2.27. The Kier molecular flexibility index (Phi) is 8.11. The number of aliphatic hydroxyl groups excluding tert-OH is 1. The molecule has 1 aromatic carbocycles. The van der Waals surface area contributed by atoms with E-state index in [1.165, 1.54) is 30.2 Å². The number of Topliss-reactive ketones (excluding diaryl/α,β-unsaturated/α-hetero) is 1. The predicted molar refractivity (Wildman–Crippen MR) is 129 cm³/mol. The molecule has 1 aliphatic rings. The Morgan fingerprint density at radius 1 is 1.20 bits per heavy atom. The molecule has 0 saturated carbocycles. The number of aryl methyl sites for hydroxylation is 1. The van der Waals surface area contributed by atoms with Crippen molar-refractivity contribution in [3.05, 3.63) is 63.7 Å². The highest BCUT2D eigenvalue weighted by Crippen LogP contribution is 2.41. The molecular weight excluding hydrogens is 453 g/mol. The van der Waals surface area contributed by atoms with E-state index in [0.29, 0.717) is 24.2 Å². The second kappa shape index (κ2) is 10.9. The van der Waals surface area contributed by atoms with E-state index in [2.05, 4.69) is 9.88 Å². The maximum Gasteiger partial charge on any atom is 0.354 e. The fourth-order valence-electron chi connectivity index (χ4n) is 4.68. The molecule has 0 spiro atoms. The average molecular weight is 486 g/mol. The summed E-state index contributed by atoms with van der Waals surface area (Å²) in [5.41, 5.74) is 1.04. The van der Waals surface area contributed by atoms with Crippen molar-refractivity contribution in [1.29, 1.82) is 0 Å². The van der Waals surface area contributed by atoms with Crippen LogP contribution >= 0.6 is 0 Å². The van der Waals surface area contributed by atoms with Crippen LogP contribution < -0.4 is 0 Å². The van der Waals surface area contributed by atoms with Crippen molar-refractivity contribution in [3.63, 3.8) is 0 Å². The fourth-order valence-corrected chi connectivity index (χ4v) is 4.68. The third kappa shape index (κ3) is 4.86. The number of esters is 1. The standard InChI is InChI=1S/C26H32FN3O5/c1-6-29(7-2)13-10-14-30-22(17-11-8-9-12-18(17)27)20(24(32)25(30)33)23(31)19-15(3)21(26(34)35-5)28-16(19)4/h8-9,11-12,22,28,31H,6-7,10,13-14H2,1-5H3/t22-/m1/s1. The lowest BCUT2D eigenvalue weighted by Crippen LogP contribution is -2.33. The molecule has 0 bridgehead atoms. The summed E-state index contributed by atoms with van der Waals surface area (Å²) in [6, 6.07) is 4.81. The minimum Gasteiger partial charge on any atom is -0.507 e. The number of ketones is 1. The van der Waals surface area contributed by atoms with Crippen molar-refractivity contribution in [3.8, 4) is 0 Å². The molecule has 188 valence electrons. The molecule has 1 fully saturated rings. The first-order chi connectivity index (χ1) is 16.7. The third-order valence-corrected chi connectivity index (χ3v) is 6.57. The topological polar surface area (TPSA) is 103 Å². The highest BCUT2D eigenvalue weighted by atomic mass is 19.1. The van der Waals surface area contributed by atoms with Gasteiger partial charge in [-0.05, 0) is 51.5 Å². The zero-order chi connectivity index (χ0) is 25.9. The van der Waals surface area contributed by atoms with Crippen LogP contribution in [0.5, 0.6) is 0 Å². The third-order valence-electron chi connectivity index (χ3n) is 6.57. The van der Waals surface area contributed by atoms with Gasteiger partial charge in [0.25, 0.3) is 11.7 Å². The first kappa shape index (κ1) is 26.2. The van der Waals surface area contributed by atoms with Crippen molar-refractivity contribution >= 4 is 23.4 Å². The van der Waals surface area contributed by atoms with Gasteiger partial charge in [-0.1, -0.05) is 32.0 Å². The van der Waals surface area contributed by atoms with Gasteiger partial charge < -0.3 is 24.6 Å². The molecule has 0 radical (unpaired) electrons. The molecule has 8 nitrogen and oxygen atoms in total. The largest absolute Gasteiger partial charge is 0.507 e. The molecule has 0 unspecified atom stereocenters. The average Bonchev–Trinajstić information content (AvgIpc) is 3.28. The second-order valence-electron chi connectivity index (χ2n) is 8.51. The Morgan fingerprint density at radius 3 is 2.46 bits per heavy atom. The molecule has 0 aliphatic carbocycles. The van der Waals surface area contributed by atoms with Crippen molar-refractivity contribution in [2.24, 2.45) is 0 Å². The van der Waals surface area contributed by atoms with Gasteiger partial charge in [0, 0.05) is 23.4 Å². The van der Waals surface area contributed by atoms with E-state index >= 15 is 0 Å². The van der Waals surface area contributed by atoms with Gasteiger partial charge >= 0.3 is 5.97 Å². The number of aromatic nitrogens is 1. The minimum absolute atomic E-state index is 0.120. The van der Waals surface area contributed by atoms with Gasteiger partial charge in [-0.25, -0.2) is 9.18 Å². The first-order valence-electron chi connectivity index (χ1n) is 11.7. The normalized spacial score (nSPS) is 17.5. The Balaban J connectivity index is 2.14. The zero-order valence-corrected chi connectivity index (χ0v) is 20.8. The molecule has 2 heterocycles. The van der Waals surface area contributed by atoms with Crippen LogP contribution in [0.3, 0.4) is 0 Å². The highest BCUT2D eigenvalue weighted by molar-refractivity contribution is 6.46. The van der Waals surface area contributed by atoms with E-state index in [1.807, 2.05) is 13.8 Å². The van der Waals surface area contributed by atoms with E-state index in [9.17, 15) is 23.9 Å². The Morgan fingerprint density at radius 2 is 1.86 bits per heavy atom. The van der Waals surface area contributed by atoms with Gasteiger partial charge in [0.15, 0.2) is 0 Å². The van der Waals surface area contributed by atoms with Gasteiger partial charge in [0.2, 0.25) is 0 Å². The number of rotatable bonds is 9. The smallest absolute Gasteiger partial charge is 0.354 e. The second-order valence-corrected chi connectivity index (χ2v) is 8.51. The van der Waals surface area contributed by atoms with Gasteiger partial charge in [0.1, 0.15) is 17.3 Å². The molecule has 9 heteroatoms. The summed E-state index contributed by atoms with van der Waals surface area (Å²) < 4.78 is 19.7. The van der Waals surface area contributed by atoms with Gasteiger partial charge in [0.05, 0.1) is 18.7 Å². The summed E-state index contributed by atoms with van der Waals surface area (Å²) in [6.07, 6.45) is 0.578. The number of amides is 1. The van der Waals surface area contributed by atoms with Crippen molar-refractivity contribution in [2.45, 2.75) is 40.2 Å². The Labute approximate surface area is 204 Å². The molecule has 35 heavy (non-hydrogen) atoms. The molecular formula is C26H32FN3O5. The number of carbonyl (C=O) groups excluding carboxylic acids is 3. The van der Waals surface area contributed by atoms with E-state index in [0.717, 1.165) is 13.1 Å². The van der Waals surface area contributed by atoms with Crippen LogP contribution in [0.15, 0.2) is 29.8 Å². The Bertz CT molecular complexity index is 1170. The number of aromatic amines is 1. The van der Waals surface area contributed by atoms with Crippen molar-refractivity contribution in [2.75, 3.05) is 33.3 Å². The van der Waals surface area contributed by atoms with Crippen LogP contribution in [0.2, 0.25) is 0 Å². The monoisotopic (exact) mass is 485 g/mol. The minimum atomic E-state index is -1.09. The molecule has 2 aromatic rings. The van der Waals surface area contributed by atoms with Crippen molar-refractivity contribution < 1.29 is 28.6 Å². The number of aliphatic hydroxyl groups is 1. The number of benzene rings is 1. The quantitative estimate of drug-likeness (QED) is 0.243. The maximum absolute atomic E-state index is 15.0. The Hall–Kier alpha value is -3.46.